The number of carbonyl (C=O) groups is 4. The molecule has 29 heavy (non-hydrogen) atoms. The van der Waals surface area contributed by atoms with E-state index in [0.717, 1.165) is 29.8 Å². The minimum Gasteiger partial charge on any atom is -0.387 e. The summed E-state index contributed by atoms with van der Waals surface area (Å²) in [6, 6.07) is 4.04. The molecule has 4 N–H and O–H groups in total. The van der Waals surface area contributed by atoms with Crippen molar-refractivity contribution in [3.05, 3.63) is 34.9 Å². The highest BCUT2D eigenvalue weighted by molar-refractivity contribution is 6.23. The van der Waals surface area contributed by atoms with E-state index in [4.69, 9.17) is 0 Å². The van der Waals surface area contributed by atoms with Crippen LogP contribution in [0, 0.1) is 0 Å². The van der Waals surface area contributed by atoms with Crippen molar-refractivity contribution in [2.45, 2.75) is 43.9 Å². The summed E-state index contributed by atoms with van der Waals surface area (Å²) in [5, 5.41) is 19.1. The lowest BCUT2D eigenvalue weighted by molar-refractivity contribution is -0.136. The zero-order chi connectivity index (χ0) is 20.6. The molecule has 0 bridgehead atoms. The average molecular weight is 400 g/mol. The van der Waals surface area contributed by atoms with Gasteiger partial charge in [0.05, 0.1) is 16.7 Å². The van der Waals surface area contributed by atoms with Gasteiger partial charge in [0.1, 0.15) is 6.04 Å². The van der Waals surface area contributed by atoms with Gasteiger partial charge in [0.15, 0.2) is 0 Å². The number of β-amino-alcohol motifs (C(OH)–C–C–N with tert-alkyl or cyclic N) is 1. The smallest absolute Gasteiger partial charge is 0.262 e. The Morgan fingerprint density at radius 1 is 1.17 bits per heavy atom. The molecule has 2 unspecified atom stereocenters. The summed E-state index contributed by atoms with van der Waals surface area (Å²) in [6.45, 7) is 2.31. The third-order valence-electron chi connectivity index (χ3n) is 5.74. The molecule has 9 heteroatoms. The van der Waals surface area contributed by atoms with Crippen LogP contribution >= 0.6 is 0 Å². The van der Waals surface area contributed by atoms with Crippen LogP contribution in [0.4, 0.5) is 0 Å². The molecular formula is C20H24N4O5. The summed E-state index contributed by atoms with van der Waals surface area (Å²) in [6.07, 6.45) is 1.88. The lowest BCUT2D eigenvalue weighted by atomic mass is 9.94. The van der Waals surface area contributed by atoms with E-state index in [1.807, 2.05) is 0 Å². The second-order valence-corrected chi connectivity index (χ2v) is 7.94. The Hall–Kier alpha value is -2.62. The lowest BCUT2D eigenvalue weighted by Crippen LogP contribution is -2.54. The zero-order valence-electron chi connectivity index (χ0n) is 16.0. The summed E-state index contributed by atoms with van der Waals surface area (Å²) < 4.78 is 0. The number of hydrogen-bond donors (Lipinski definition) is 4. The van der Waals surface area contributed by atoms with Gasteiger partial charge in [0, 0.05) is 26.1 Å². The molecule has 4 amide bonds. The van der Waals surface area contributed by atoms with Crippen LogP contribution in [0.5, 0.6) is 0 Å². The van der Waals surface area contributed by atoms with Crippen LogP contribution in [0.15, 0.2) is 18.2 Å². The van der Waals surface area contributed by atoms with Crippen molar-refractivity contribution >= 4 is 23.6 Å². The fourth-order valence-electron chi connectivity index (χ4n) is 4.17. The maximum atomic E-state index is 12.8. The molecule has 0 aliphatic carbocycles. The number of hydrogen-bond acceptors (Lipinski definition) is 7. The van der Waals surface area contributed by atoms with E-state index in [2.05, 4.69) is 16.0 Å². The van der Waals surface area contributed by atoms with Gasteiger partial charge in [-0.15, -0.1) is 0 Å². The SMILES string of the molecule is O=C1CCC(N2C(=O)c3ccc(CNCC4(O)CCCNC4)cc3C2=O)C(=O)N1. The minimum absolute atomic E-state index is 0.0940. The topological polar surface area (TPSA) is 128 Å². The molecular weight excluding hydrogens is 376 g/mol. The van der Waals surface area contributed by atoms with Gasteiger partial charge in [-0.1, -0.05) is 6.07 Å². The predicted molar refractivity (Wildman–Crippen MR) is 102 cm³/mol. The van der Waals surface area contributed by atoms with E-state index in [1.165, 1.54) is 0 Å². The van der Waals surface area contributed by atoms with Gasteiger partial charge < -0.3 is 15.7 Å². The number of imide groups is 2. The first-order valence-electron chi connectivity index (χ1n) is 9.86. The molecule has 154 valence electrons. The highest BCUT2D eigenvalue weighted by Gasteiger charge is 2.44. The first-order chi connectivity index (χ1) is 13.9. The number of amides is 4. The molecule has 1 aromatic rings. The fourth-order valence-corrected chi connectivity index (χ4v) is 4.17. The third-order valence-corrected chi connectivity index (χ3v) is 5.74. The van der Waals surface area contributed by atoms with Crippen LogP contribution in [-0.4, -0.2) is 64.9 Å². The van der Waals surface area contributed by atoms with Crippen LogP contribution < -0.4 is 16.0 Å². The normalized spacial score (nSPS) is 27.2. The van der Waals surface area contributed by atoms with Crippen molar-refractivity contribution in [3.63, 3.8) is 0 Å². The second-order valence-electron chi connectivity index (χ2n) is 7.94. The van der Waals surface area contributed by atoms with E-state index in [-0.39, 0.29) is 24.0 Å². The molecule has 2 saturated heterocycles. The van der Waals surface area contributed by atoms with E-state index >= 15 is 0 Å². The second kappa shape index (κ2) is 7.66. The number of fused-ring (bicyclic) bond motifs is 1. The molecule has 3 heterocycles. The number of benzene rings is 1. The number of rotatable bonds is 5. The van der Waals surface area contributed by atoms with E-state index in [1.54, 1.807) is 18.2 Å². The summed E-state index contributed by atoms with van der Waals surface area (Å²) in [7, 11) is 0. The molecule has 0 saturated carbocycles. The quantitative estimate of drug-likeness (QED) is 0.481. The Bertz CT molecular complexity index is 878. The Labute approximate surface area is 167 Å². The molecule has 0 aromatic heterocycles. The van der Waals surface area contributed by atoms with Gasteiger partial charge in [-0.25, -0.2) is 0 Å². The lowest BCUT2D eigenvalue weighted by Gasteiger charge is -2.32. The molecule has 3 aliphatic heterocycles. The molecule has 4 rings (SSSR count). The molecule has 9 nitrogen and oxygen atoms in total. The number of carbonyl (C=O) groups excluding carboxylic acids is 4. The maximum Gasteiger partial charge on any atom is 0.262 e. The van der Waals surface area contributed by atoms with Crippen molar-refractivity contribution in [3.8, 4) is 0 Å². The van der Waals surface area contributed by atoms with Gasteiger partial charge in [-0.3, -0.25) is 29.4 Å². The highest BCUT2D eigenvalue weighted by Crippen LogP contribution is 2.28. The van der Waals surface area contributed by atoms with Crippen LogP contribution in [0.3, 0.4) is 0 Å². The van der Waals surface area contributed by atoms with Crippen molar-refractivity contribution in [2.75, 3.05) is 19.6 Å². The van der Waals surface area contributed by atoms with Gasteiger partial charge in [-0.05, 0) is 43.5 Å². The molecule has 2 atom stereocenters. The molecule has 2 fully saturated rings. The Kier molecular flexibility index (Phi) is 5.20. The standard InChI is InChI=1S/C20H24N4O5/c25-16-5-4-15(17(26)23-16)24-18(27)13-3-2-12(8-14(13)19(24)28)9-22-11-20(29)6-1-7-21-10-20/h2-3,8,15,21-22,29H,1,4-7,9-11H2,(H,23,25,26). The van der Waals surface area contributed by atoms with Crippen LogP contribution in [0.2, 0.25) is 0 Å². The Balaban J connectivity index is 1.44. The first-order valence-corrected chi connectivity index (χ1v) is 9.86. The first kappa shape index (κ1) is 19.7. The van der Waals surface area contributed by atoms with Crippen molar-refractivity contribution < 1.29 is 24.3 Å². The number of nitrogens with one attached hydrogen (secondary N) is 3. The Morgan fingerprint density at radius 2 is 1.97 bits per heavy atom. The van der Waals surface area contributed by atoms with E-state index in [9.17, 15) is 24.3 Å². The predicted octanol–water partition coefficient (Wildman–Crippen LogP) is -0.708. The molecule has 0 radical (unpaired) electrons. The van der Waals surface area contributed by atoms with Gasteiger partial charge in [-0.2, -0.15) is 0 Å². The molecule has 0 spiro atoms. The van der Waals surface area contributed by atoms with Gasteiger partial charge in [0.25, 0.3) is 11.8 Å². The monoisotopic (exact) mass is 400 g/mol. The zero-order valence-corrected chi connectivity index (χ0v) is 16.0. The van der Waals surface area contributed by atoms with Crippen LogP contribution in [0.1, 0.15) is 52.0 Å². The fraction of sp³-hybridized carbons (Fsp3) is 0.500. The number of aliphatic hydroxyl groups is 1. The number of piperidine rings is 2. The minimum atomic E-state index is -0.963. The molecule has 1 aromatic carbocycles. The van der Waals surface area contributed by atoms with E-state index in [0.29, 0.717) is 19.6 Å². The third kappa shape index (κ3) is 3.81. The largest absolute Gasteiger partial charge is 0.387 e. The van der Waals surface area contributed by atoms with Crippen molar-refractivity contribution in [2.24, 2.45) is 0 Å². The van der Waals surface area contributed by atoms with Crippen molar-refractivity contribution in [1.29, 1.82) is 0 Å². The van der Waals surface area contributed by atoms with Gasteiger partial charge in [0.2, 0.25) is 11.8 Å². The van der Waals surface area contributed by atoms with Crippen LogP contribution in [-0.2, 0) is 16.1 Å². The number of nitrogens with zero attached hydrogens (tertiary/aromatic N) is 1. The summed E-state index contributed by atoms with van der Waals surface area (Å²) in [5.41, 5.74) is 0.543. The summed E-state index contributed by atoms with van der Waals surface area (Å²) in [4.78, 5) is 49.9. The average Bonchev–Trinajstić information content (AvgIpc) is 2.93. The summed E-state index contributed by atoms with van der Waals surface area (Å²) in [5.74, 6) is -2.05. The van der Waals surface area contributed by atoms with Crippen LogP contribution in [0.25, 0.3) is 0 Å². The van der Waals surface area contributed by atoms with Crippen molar-refractivity contribution in [1.82, 2.24) is 20.9 Å². The Morgan fingerprint density at radius 3 is 2.69 bits per heavy atom. The highest BCUT2D eigenvalue weighted by atomic mass is 16.3. The summed E-state index contributed by atoms with van der Waals surface area (Å²) >= 11 is 0. The molecule has 3 aliphatic rings. The van der Waals surface area contributed by atoms with Gasteiger partial charge >= 0.3 is 0 Å². The van der Waals surface area contributed by atoms with E-state index < -0.39 is 35.3 Å². The maximum absolute atomic E-state index is 12.8.